The molecule has 0 unspecified atom stereocenters. The van der Waals surface area contributed by atoms with Crippen molar-refractivity contribution >= 4 is 17.9 Å². The van der Waals surface area contributed by atoms with E-state index in [1.165, 1.54) is 0 Å². The number of aliphatic hydroxyl groups excluding tert-OH is 1. The summed E-state index contributed by atoms with van der Waals surface area (Å²) in [5.74, 6) is -1.47. The average molecular weight is 570 g/mol. The standard InChI is InChI=1S/C32H47N3O6/c1-22(2)28(30(38)33-17-18-40-6)35-29(37)25(19-23-13-9-7-10-14-23)21-27(36)26(20-24-15-11-8-12-16-24)34-31(39)41-32(3,4)5/h7-16,22,25-28,36H,17-21H2,1-6H3,(H,33,38)(H,34,39)(H,35,37)/t25-,26+,27+,28+/m1/s1. The van der Waals surface area contributed by atoms with Crippen LogP contribution in [0.3, 0.4) is 0 Å². The van der Waals surface area contributed by atoms with Crippen LogP contribution in [0.2, 0.25) is 0 Å². The Hall–Kier alpha value is -3.43. The molecule has 0 aromatic heterocycles. The normalized spacial score (nSPS) is 14.4. The predicted octanol–water partition coefficient (Wildman–Crippen LogP) is 3.64. The lowest BCUT2D eigenvalue weighted by Crippen LogP contribution is -2.53. The molecule has 4 N–H and O–H groups in total. The number of rotatable bonds is 15. The Balaban J connectivity index is 2.28. The fraction of sp³-hybridized carbons (Fsp3) is 0.531. The third-order valence-corrected chi connectivity index (χ3v) is 6.54. The Bertz CT molecular complexity index is 1070. The van der Waals surface area contributed by atoms with Crippen LogP contribution in [0.1, 0.15) is 52.2 Å². The molecule has 0 saturated heterocycles. The Morgan fingerprint density at radius 3 is 1.93 bits per heavy atom. The van der Waals surface area contributed by atoms with Crippen LogP contribution in [0.4, 0.5) is 4.79 Å². The molecular formula is C32H47N3O6. The number of amides is 3. The van der Waals surface area contributed by atoms with Crippen LogP contribution in [-0.4, -0.2) is 67.1 Å². The van der Waals surface area contributed by atoms with Gasteiger partial charge in [-0.2, -0.15) is 0 Å². The van der Waals surface area contributed by atoms with Crippen molar-refractivity contribution in [2.75, 3.05) is 20.3 Å². The zero-order valence-corrected chi connectivity index (χ0v) is 25.2. The van der Waals surface area contributed by atoms with E-state index in [-0.39, 0.29) is 24.2 Å². The molecule has 226 valence electrons. The first-order chi connectivity index (χ1) is 19.4. The van der Waals surface area contributed by atoms with Crippen LogP contribution < -0.4 is 16.0 Å². The van der Waals surface area contributed by atoms with Crippen molar-refractivity contribution in [1.29, 1.82) is 0 Å². The molecule has 0 fully saturated rings. The summed E-state index contributed by atoms with van der Waals surface area (Å²) in [4.78, 5) is 39.2. The maximum atomic E-state index is 13.7. The van der Waals surface area contributed by atoms with Gasteiger partial charge in [0.25, 0.3) is 0 Å². The summed E-state index contributed by atoms with van der Waals surface area (Å²) in [7, 11) is 1.55. The van der Waals surface area contributed by atoms with Gasteiger partial charge in [0.05, 0.1) is 18.8 Å². The summed E-state index contributed by atoms with van der Waals surface area (Å²) in [5.41, 5.74) is 1.13. The van der Waals surface area contributed by atoms with E-state index in [1.807, 2.05) is 74.5 Å². The zero-order chi connectivity index (χ0) is 30.4. The smallest absolute Gasteiger partial charge is 0.407 e. The van der Waals surface area contributed by atoms with Gasteiger partial charge >= 0.3 is 6.09 Å². The number of nitrogens with one attached hydrogen (secondary N) is 3. The highest BCUT2D eigenvalue weighted by atomic mass is 16.6. The first kappa shape index (κ1) is 33.8. The molecule has 0 radical (unpaired) electrons. The van der Waals surface area contributed by atoms with Gasteiger partial charge in [0, 0.05) is 19.6 Å². The molecule has 9 nitrogen and oxygen atoms in total. The molecular weight excluding hydrogens is 522 g/mol. The summed E-state index contributed by atoms with van der Waals surface area (Å²) in [6.45, 7) is 9.73. The molecule has 0 bridgehead atoms. The highest BCUT2D eigenvalue weighted by molar-refractivity contribution is 5.88. The molecule has 0 spiro atoms. The van der Waals surface area contributed by atoms with E-state index in [4.69, 9.17) is 9.47 Å². The van der Waals surface area contributed by atoms with E-state index >= 15 is 0 Å². The molecule has 0 aliphatic rings. The number of hydrogen-bond acceptors (Lipinski definition) is 6. The monoisotopic (exact) mass is 569 g/mol. The third-order valence-electron chi connectivity index (χ3n) is 6.54. The quantitative estimate of drug-likeness (QED) is 0.243. The molecule has 3 amide bonds. The van der Waals surface area contributed by atoms with E-state index in [9.17, 15) is 19.5 Å². The second-order valence-corrected chi connectivity index (χ2v) is 11.6. The fourth-order valence-corrected chi connectivity index (χ4v) is 4.44. The van der Waals surface area contributed by atoms with Crippen LogP contribution in [-0.2, 0) is 31.9 Å². The minimum absolute atomic E-state index is 0.0597. The molecule has 2 aromatic carbocycles. The van der Waals surface area contributed by atoms with Gasteiger partial charge in [0.1, 0.15) is 11.6 Å². The number of alkyl carbamates (subject to hydrolysis) is 1. The van der Waals surface area contributed by atoms with Gasteiger partial charge in [-0.25, -0.2) is 4.79 Å². The summed E-state index contributed by atoms with van der Waals surface area (Å²) >= 11 is 0. The second-order valence-electron chi connectivity index (χ2n) is 11.6. The predicted molar refractivity (Wildman–Crippen MR) is 159 cm³/mol. The maximum Gasteiger partial charge on any atom is 0.407 e. The van der Waals surface area contributed by atoms with Crippen LogP contribution in [0.5, 0.6) is 0 Å². The number of carbonyl (C=O) groups excluding carboxylic acids is 3. The van der Waals surface area contributed by atoms with Gasteiger partial charge < -0.3 is 30.5 Å². The van der Waals surface area contributed by atoms with Gasteiger partial charge in [0.2, 0.25) is 11.8 Å². The fourth-order valence-electron chi connectivity index (χ4n) is 4.44. The molecule has 0 aliphatic heterocycles. The molecule has 9 heteroatoms. The Morgan fingerprint density at radius 2 is 1.41 bits per heavy atom. The van der Waals surface area contributed by atoms with Gasteiger partial charge in [-0.05, 0) is 57.1 Å². The first-order valence-corrected chi connectivity index (χ1v) is 14.2. The lowest BCUT2D eigenvalue weighted by Gasteiger charge is -2.30. The third kappa shape index (κ3) is 12.7. The van der Waals surface area contributed by atoms with Crippen molar-refractivity contribution in [3.8, 4) is 0 Å². The summed E-state index contributed by atoms with van der Waals surface area (Å²) in [5, 5.41) is 20.0. The topological polar surface area (TPSA) is 126 Å². The van der Waals surface area contributed by atoms with Gasteiger partial charge in [0.15, 0.2) is 0 Å². The number of hydrogen-bond donors (Lipinski definition) is 4. The highest BCUT2D eigenvalue weighted by Crippen LogP contribution is 2.20. The molecule has 4 atom stereocenters. The van der Waals surface area contributed by atoms with Gasteiger partial charge in [-0.3, -0.25) is 9.59 Å². The van der Waals surface area contributed by atoms with Crippen molar-refractivity contribution in [3.63, 3.8) is 0 Å². The second kappa shape index (κ2) is 16.7. The van der Waals surface area contributed by atoms with E-state index in [1.54, 1.807) is 27.9 Å². The lowest BCUT2D eigenvalue weighted by molar-refractivity contribution is -0.132. The van der Waals surface area contributed by atoms with Crippen LogP contribution in [0.25, 0.3) is 0 Å². The minimum Gasteiger partial charge on any atom is -0.444 e. The number of carbonyl (C=O) groups is 3. The number of ether oxygens (including phenoxy) is 2. The number of methoxy groups -OCH3 is 1. The molecule has 0 saturated carbocycles. The van der Waals surface area contributed by atoms with Gasteiger partial charge in [-0.1, -0.05) is 74.5 Å². The van der Waals surface area contributed by atoms with Crippen LogP contribution in [0.15, 0.2) is 60.7 Å². The molecule has 0 heterocycles. The largest absolute Gasteiger partial charge is 0.444 e. The van der Waals surface area contributed by atoms with Crippen molar-refractivity contribution in [2.45, 2.75) is 77.7 Å². The Labute approximate surface area is 244 Å². The van der Waals surface area contributed by atoms with E-state index in [0.717, 1.165) is 11.1 Å². The molecule has 41 heavy (non-hydrogen) atoms. The SMILES string of the molecule is COCCNC(=O)[C@@H](NC(=O)[C@H](Cc1ccccc1)C[C@H](O)[C@H](Cc1ccccc1)NC(=O)OC(C)(C)C)C(C)C. The average Bonchev–Trinajstić information content (AvgIpc) is 2.90. The molecule has 2 rings (SSSR count). The number of benzene rings is 2. The van der Waals surface area contributed by atoms with E-state index in [0.29, 0.717) is 26.0 Å². The molecule has 2 aromatic rings. The summed E-state index contributed by atoms with van der Waals surface area (Å²) < 4.78 is 10.5. The zero-order valence-electron chi connectivity index (χ0n) is 25.2. The number of aliphatic hydroxyl groups is 1. The summed E-state index contributed by atoms with van der Waals surface area (Å²) in [6, 6.07) is 17.6. The molecule has 0 aliphatic carbocycles. The van der Waals surface area contributed by atoms with Crippen molar-refractivity contribution in [1.82, 2.24) is 16.0 Å². The minimum atomic E-state index is -1.07. The Morgan fingerprint density at radius 1 is 0.854 bits per heavy atom. The van der Waals surface area contributed by atoms with Crippen molar-refractivity contribution < 1.29 is 29.0 Å². The van der Waals surface area contributed by atoms with E-state index in [2.05, 4.69) is 16.0 Å². The van der Waals surface area contributed by atoms with E-state index < -0.39 is 35.8 Å². The van der Waals surface area contributed by atoms with Crippen molar-refractivity contribution in [2.24, 2.45) is 11.8 Å². The maximum absolute atomic E-state index is 13.7. The summed E-state index contributed by atoms with van der Waals surface area (Å²) in [6.07, 6.45) is -0.962. The highest BCUT2D eigenvalue weighted by Gasteiger charge is 2.32. The first-order valence-electron chi connectivity index (χ1n) is 14.2. The lowest BCUT2D eigenvalue weighted by atomic mass is 9.88. The van der Waals surface area contributed by atoms with Gasteiger partial charge in [-0.15, -0.1) is 0 Å². The Kier molecular flexibility index (Phi) is 13.8. The van der Waals surface area contributed by atoms with Crippen LogP contribution in [0, 0.1) is 11.8 Å². The van der Waals surface area contributed by atoms with Crippen LogP contribution >= 0.6 is 0 Å². The van der Waals surface area contributed by atoms with Crippen molar-refractivity contribution in [3.05, 3.63) is 71.8 Å².